The molecule has 0 aliphatic carbocycles. The van der Waals surface area contributed by atoms with Crippen molar-refractivity contribution in [2.45, 2.75) is 32.9 Å². The number of aliphatic carboxylic acids is 1. The van der Waals surface area contributed by atoms with Crippen molar-refractivity contribution in [2.24, 2.45) is 0 Å². The Morgan fingerprint density at radius 1 is 1.26 bits per heavy atom. The van der Waals surface area contributed by atoms with Gasteiger partial charge in [-0.05, 0) is 30.9 Å². The van der Waals surface area contributed by atoms with Crippen LogP contribution in [0.2, 0.25) is 0 Å². The number of hydrogen-bond donors (Lipinski definition) is 1. The fourth-order valence-corrected chi connectivity index (χ4v) is 3.33. The van der Waals surface area contributed by atoms with E-state index in [0.717, 1.165) is 11.1 Å². The van der Waals surface area contributed by atoms with Gasteiger partial charge in [-0.2, -0.15) is 11.3 Å². The lowest BCUT2D eigenvalue weighted by molar-refractivity contribution is -0.149. The van der Waals surface area contributed by atoms with Crippen LogP contribution in [0.25, 0.3) is 11.5 Å². The number of carboxylic acids is 1. The number of hydrogen-bond acceptors (Lipinski definition) is 5. The van der Waals surface area contributed by atoms with Gasteiger partial charge in [-0.3, -0.25) is 4.79 Å². The lowest BCUT2D eigenvalue weighted by Crippen LogP contribution is -2.43. The molecule has 0 saturated carbocycles. The summed E-state index contributed by atoms with van der Waals surface area (Å²) in [6.45, 7) is 3.49. The molecule has 0 bridgehead atoms. The van der Waals surface area contributed by atoms with Crippen LogP contribution in [0.5, 0.6) is 0 Å². The highest BCUT2D eigenvalue weighted by Gasteiger charge is 2.27. The first-order chi connectivity index (χ1) is 13.0. The average Bonchev–Trinajstić information content (AvgIpc) is 3.30. The normalized spacial score (nSPS) is 11.9. The first-order valence-corrected chi connectivity index (χ1v) is 9.45. The molecule has 3 rings (SSSR count). The average molecular weight is 384 g/mol. The maximum absolute atomic E-state index is 12.9. The monoisotopic (exact) mass is 384 g/mol. The molecule has 1 unspecified atom stereocenters. The van der Waals surface area contributed by atoms with Gasteiger partial charge in [0.1, 0.15) is 11.8 Å². The number of oxazole rings is 1. The van der Waals surface area contributed by atoms with E-state index in [2.05, 4.69) is 4.98 Å². The van der Waals surface area contributed by atoms with Crippen molar-refractivity contribution < 1.29 is 19.1 Å². The van der Waals surface area contributed by atoms with Gasteiger partial charge in [-0.1, -0.05) is 30.3 Å². The van der Waals surface area contributed by atoms with Crippen molar-refractivity contribution in [3.8, 4) is 11.5 Å². The van der Waals surface area contributed by atoms with E-state index in [1.165, 1.54) is 23.2 Å². The molecule has 0 spiro atoms. The number of carbonyl (C=O) groups excluding carboxylic acids is 1. The van der Waals surface area contributed by atoms with Gasteiger partial charge in [0.25, 0.3) is 0 Å². The number of rotatable bonds is 7. The Morgan fingerprint density at radius 3 is 2.63 bits per heavy atom. The Labute approximate surface area is 161 Å². The Balaban J connectivity index is 1.81. The standard InChI is InChI=1S/C20H20N2O4S/c1-13(20(24)25)22(11-15-6-4-3-5-7-15)18(23)10-17-14(2)26-19(21-17)16-8-9-27-12-16/h3-9,12-13H,10-11H2,1-2H3,(H,24,25). The summed E-state index contributed by atoms with van der Waals surface area (Å²) < 4.78 is 5.67. The van der Waals surface area contributed by atoms with E-state index in [9.17, 15) is 14.7 Å². The lowest BCUT2D eigenvalue weighted by atomic mass is 10.1. The molecule has 2 heterocycles. The molecule has 1 amide bonds. The van der Waals surface area contributed by atoms with Crippen molar-refractivity contribution in [3.05, 3.63) is 64.2 Å². The molecule has 1 atom stereocenters. The molecular formula is C20H20N2O4S. The second kappa shape index (κ2) is 8.18. The number of aromatic nitrogens is 1. The maximum atomic E-state index is 12.9. The predicted molar refractivity (Wildman–Crippen MR) is 102 cm³/mol. The summed E-state index contributed by atoms with van der Waals surface area (Å²) in [6, 6.07) is 10.3. The molecule has 0 radical (unpaired) electrons. The summed E-state index contributed by atoms with van der Waals surface area (Å²) in [5.74, 6) is -0.318. The molecule has 140 valence electrons. The highest BCUT2D eigenvalue weighted by Crippen LogP contribution is 2.24. The van der Waals surface area contributed by atoms with Crippen LogP contribution in [0.3, 0.4) is 0 Å². The lowest BCUT2D eigenvalue weighted by Gasteiger charge is -2.26. The summed E-state index contributed by atoms with van der Waals surface area (Å²) in [4.78, 5) is 30.2. The summed E-state index contributed by atoms with van der Waals surface area (Å²) in [6.07, 6.45) is -0.01000. The van der Waals surface area contributed by atoms with Crippen LogP contribution < -0.4 is 0 Å². The van der Waals surface area contributed by atoms with Gasteiger partial charge in [0.15, 0.2) is 0 Å². The molecule has 0 fully saturated rings. The summed E-state index contributed by atoms with van der Waals surface area (Å²) in [7, 11) is 0. The third-order valence-corrected chi connectivity index (χ3v) is 5.00. The van der Waals surface area contributed by atoms with Crippen LogP contribution in [0.4, 0.5) is 0 Å². The zero-order valence-corrected chi connectivity index (χ0v) is 15.9. The number of carbonyl (C=O) groups is 2. The maximum Gasteiger partial charge on any atom is 0.326 e. The smallest absolute Gasteiger partial charge is 0.326 e. The van der Waals surface area contributed by atoms with Gasteiger partial charge in [-0.25, -0.2) is 9.78 Å². The van der Waals surface area contributed by atoms with Crippen LogP contribution in [0.15, 0.2) is 51.6 Å². The Kier molecular flexibility index (Phi) is 5.71. The van der Waals surface area contributed by atoms with Crippen LogP contribution in [0, 0.1) is 6.92 Å². The van der Waals surface area contributed by atoms with E-state index < -0.39 is 12.0 Å². The van der Waals surface area contributed by atoms with Gasteiger partial charge in [0.2, 0.25) is 11.8 Å². The number of thiophene rings is 1. The van der Waals surface area contributed by atoms with E-state index in [1.54, 1.807) is 6.92 Å². The van der Waals surface area contributed by atoms with Crippen LogP contribution in [-0.4, -0.2) is 32.9 Å². The summed E-state index contributed by atoms with van der Waals surface area (Å²) in [5, 5.41) is 13.3. The first-order valence-electron chi connectivity index (χ1n) is 8.50. The Hall–Kier alpha value is -2.93. The van der Waals surface area contributed by atoms with Crippen LogP contribution in [-0.2, 0) is 22.6 Å². The summed E-state index contributed by atoms with van der Waals surface area (Å²) >= 11 is 1.54. The Bertz CT molecular complexity index is 919. The third kappa shape index (κ3) is 4.43. The molecule has 6 nitrogen and oxygen atoms in total. The topological polar surface area (TPSA) is 83.6 Å². The van der Waals surface area contributed by atoms with Crippen molar-refractivity contribution >= 4 is 23.2 Å². The van der Waals surface area contributed by atoms with Gasteiger partial charge in [-0.15, -0.1) is 0 Å². The minimum atomic E-state index is -1.05. The number of carboxylic acid groups (broad SMARTS) is 1. The van der Waals surface area contributed by atoms with E-state index in [-0.39, 0.29) is 18.9 Å². The number of amides is 1. The van der Waals surface area contributed by atoms with E-state index >= 15 is 0 Å². The van der Waals surface area contributed by atoms with Crippen molar-refractivity contribution in [1.29, 1.82) is 0 Å². The fourth-order valence-electron chi connectivity index (χ4n) is 2.70. The predicted octanol–water partition coefficient (Wildman–Crippen LogP) is 3.76. The summed E-state index contributed by atoms with van der Waals surface area (Å²) in [5.41, 5.74) is 2.26. The zero-order chi connectivity index (χ0) is 19.4. The van der Waals surface area contributed by atoms with Crippen LogP contribution in [0.1, 0.15) is 23.9 Å². The number of nitrogens with zero attached hydrogens (tertiary/aromatic N) is 2. The molecule has 3 aromatic rings. The first kappa shape index (κ1) is 18.8. The van der Waals surface area contributed by atoms with Gasteiger partial charge >= 0.3 is 5.97 Å². The highest BCUT2D eigenvalue weighted by molar-refractivity contribution is 7.08. The van der Waals surface area contributed by atoms with Gasteiger partial charge in [0, 0.05) is 17.5 Å². The zero-order valence-electron chi connectivity index (χ0n) is 15.1. The van der Waals surface area contributed by atoms with Gasteiger partial charge in [0.05, 0.1) is 12.1 Å². The SMILES string of the molecule is Cc1oc(-c2ccsc2)nc1CC(=O)N(Cc1ccccc1)C(C)C(=O)O. The minimum absolute atomic E-state index is 0.01000. The second-order valence-electron chi connectivity index (χ2n) is 6.23. The largest absolute Gasteiger partial charge is 0.480 e. The quantitative estimate of drug-likeness (QED) is 0.671. The van der Waals surface area contributed by atoms with E-state index in [4.69, 9.17) is 4.42 Å². The molecule has 0 saturated heterocycles. The van der Waals surface area contributed by atoms with E-state index in [1.807, 2.05) is 47.2 Å². The Morgan fingerprint density at radius 2 is 2.00 bits per heavy atom. The highest BCUT2D eigenvalue weighted by atomic mass is 32.1. The fraction of sp³-hybridized carbons (Fsp3) is 0.250. The van der Waals surface area contributed by atoms with Crippen LogP contribution >= 0.6 is 11.3 Å². The number of aryl methyl sites for hydroxylation is 1. The molecule has 1 N–H and O–H groups in total. The molecule has 1 aromatic carbocycles. The third-order valence-electron chi connectivity index (χ3n) is 4.32. The van der Waals surface area contributed by atoms with Crippen molar-refractivity contribution in [3.63, 3.8) is 0 Å². The van der Waals surface area contributed by atoms with E-state index in [0.29, 0.717) is 17.3 Å². The van der Waals surface area contributed by atoms with Crippen molar-refractivity contribution in [1.82, 2.24) is 9.88 Å². The second-order valence-corrected chi connectivity index (χ2v) is 7.01. The molecule has 7 heteroatoms. The molecule has 2 aromatic heterocycles. The van der Waals surface area contributed by atoms with Crippen molar-refractivity contribution in [2.75, 3.05) is 0 Å². The molecule has 0 aliphatic rings. The molecule has 0 aliphatic heterocycles. The molecule has 27 heavy (non-hydrogen) atoms. The minimum Gasteiger partial charge on any atom is -0.480 e. The molecular weight excluding hydrogens is 364 g/mol. The van der Waals surface area contributed by atoms with Gasteiger partial charge < -0.3 is 14.4 Å². The number of benzene rings is 1.